The van der Waals surface area contributed by atoms with E-state index in [9.17, 15) is 14.4 Å². The quantitative estimate of drug-likeness (QED) is 0.368. The number of amides is 1. The fourth-order valence-electron chi connectivity index (χ4n) is 4.18. The number of benzene rings is 2. The Bertz CT molecular complexity index is 1250. The van der Waals surface area contributed by atoms with Crippen molar-refractivity contribution in [1.82, 2.24) is 9.88 Å². The molecule has 2 aromatic carbocycles. The van der Waals surface area contributed by atoms with Gasteiger partial charge in [-0.25, -0.2) is 4.39 Å². The van der Waals surface area contributed by atoms with E-state index in [1.165, 1.54) is 12.1 Å². The Kier molecular flexibility index (Phi) is 7.64. The summed E-state index contributed by atoms with van der Waals surface area (Å²) in [6, 6.07) is 17.9. The molecule has 1 fully saturated rings. The van der Waals surface area contributed by atoms with Crippen LogP contribution in [0, 0.1) is 31.0 Å². The standard InChI is InChI=1S/C28H28FN3O3/c1-19-14-22(15-23(16-30)28(33)31-17-27-4-3-13-34-27)20(2)32(19)25-9-11-26(12-10-25)35-18-21-5-7-24(29)8-6-21/h5-12,14-15,27H,3-4,13,17-18H2,1-2H3,(H,31,33). The number of nitriles is 1. The summed E-state index contributed by atoms with van der Waals surface area (Å²) in [4.78, 5) is 12.5. The predicted molar refractivity (Wildman–Crippen MR) is 132 cm³/mol. The molecule has 0 radical (unpaired) electrons. The van der Waals surface area contributed by atoms with Gasteiger partial charge in [0.25, 0.3) is 5.91 Å². The predicted octanol–water partition coefficient (Wildman–Crippen LogP) is 5.01. The first-order valence-electron chi connectivity index (χ1n) is 11.6. The monoisotopic (exact) mass is 473 g/mol. The summed E-state index contributed by atoms with van der Waals surface area (Å²) < 4.78 is 26.5. The minimum Gasteiger partial charge on any atom is -0.489 e. The topological polar surface area (TPSA) is 76.3 Å². The van der Waals surface area contributed by atoms with Crippen molar-refractivity contribution in [2.24, 2.45) is 0 Å². The number of halogens is 1. The Morgan fingerprint density at radius 1 is 1.23 bits per heavy atom. The van der Waals surface area contributed by atoms with Gasteiger partial charge in [-0.3, -0.25) is 4.79 Å². The Labute approximate surface area is 204 Å². The molecule has 1 aliphatic rings. The van der Waals surface area contributed by atoms with E-state index < -0.39 is 5.91 Å². The van der Waals surface area contributed by atoms with Gasteiger partial charge in [0, 0.05) is 30.2 Å². The molecule has 1 unspecified atom stereocenters. The van der Waals surface area contributed by atoms with Gasteiger partial charge < -0.3 is 19.4 Å². The molecule has 1 aromatic heterocycles. The smallest absolute Gasteiger partial charge is 0.262 e. The van der Waals surface area contributed by atoms with Gasteiger partial charge in [0.15, 0.2) is 0 Å². The first-order valence-corrected chi connectivity index (χ1v) is 11.6. The molecular weight excluding hydrogens is 445 g/mol. The van der Waals surface area contributed by atoms with Crippen LogP contribution in [0.2, 0.25) is 0 Å². The third-order valence-electron chi connectivity index (χ3n) is 6.06. The molecule has 0 aliphatic carbocycles. The number of nitrogens with zero attached hydrogens (tertiary/aromatic N) is 2. The van der Waals surface area contributed by atoms with E-state index in [2.05, 4.69) is 9.88 Å². The third-order valence-corrected chi connectivity index (χ3v) is 6.06. The van der Waals surface area contributed by atoms with Gasteiger partial charge in [-0.1, -0.05) is 12.1 Å². The van der Waals surface area contributed by atoms with Crippen LogP contribution >= 0.6 is 0 Å². The Morgan fingerprint density at radius 2 is 1.97 bits per heavy atom. The maximum Gasteiger partial charge on any atom is 0.262 e. The van der Waals surface area contributed by atoms with Gasteiger partial charge in [0.2, 0.25) is 0 Å². The minimum atomic E-state index is -0.393. The van der Waals surface area contributed by atoms with Gasteiger partial charge in [-0.05, 0) is 86.4 Å². The summed E-state index contributed by atoms with van der Waals surface area (Å²) in [7, 11) is 0. The average Bonchev–Trinajstić information content (AvgIpc) is 3.48. The highest BCUT2D eigenvalue weighted by Gasteiger charge is 2.18. The summed E-state index contributed by atoms with van der Waals surface area (Å²) in [5.74, 6) is 0.0387. The largest absolute Gasteiger partial charge is 0.489 e. The number of carbonyl (C=O) groups excluding carboxylic acids is 1. The average molecular weight is 474 g/mol. The molecule has 1 aliphatic heterocycles. The third kappa shape index (κ3) is 5.97. The SMILES string of the molecule is Cc1cc(C=C(C#N)C(=O)NCC2CCCO2)c(C)n1-c1ccc(OCc2ccc(F)cc2)cc1. The summed E-state index contributed by atoms with van der Waals surface area (Å²) in [6.07, 6.45) is 3.56. The lowest BCUT2D eigenvalue weighted by Gasteiger charge is -2.12. The van der Waals surface area contributed by atoms with Crippen molar-refractivity contribution in [3.8, 4) is 17.5 Å². The minimum absolute atomic E-state index is 0.0200. The highest BCUT2D eigenvalue weighted by molar-refractivity contribution is 6.01. The summed E-state index contributed by atoms with van der Waals surface area (Å²) in [6.45, 7) is 5.41. The Balaban J connectivity index is 1.45. The van der Waals surface area contributed by atoms with Crippen molar-refractivity contribution >= 4 is 12.0 Å². The second-order valence-electron chi connectivity index (χ2n) is 8.59. The molecule has 0 spiro atoms. The van der Waals surface area contributed by atoms with Gasteiger partial charge in [0.05, 0.1) is 6.10 Å². The molecule has 7 heteroatoms. The molecule has 180 valence electrons. The zero-order chi connectivity index (χ0) is 24.8. The number of aromatic nitrogens is 1. The van der Waals surface area contributed by atoms with Crippen LogP contribution in [0.25, 0.3) is 11.8 Å². The van der Waals surface area contributed by atoms with E-state index in [1.807, 2.05) is 50.2 Å². The van der Waals surface area contributed by atoms with Gasteiger partial charge in [-0.2, -0.15) is 5.26 Å². The van der Waals surface area contributed by atoms with Crippen LogP contribution in [0.15, 0.2) is 60.2 Å². The van der Waals surface area contributed by atoms with Crippen LogP contribution in [0.5, 0.6) is 5.75 Å². The number of aryl methyl sites for hydroxylation is 1. The molecule has 1 amide bonds. The van der Waals surface area contributed by atoms with Gasteiger partial charge in [0.1, 0.15) is 29.8 Å². The maximum atomic E-state index is 13.1. The zero-order valence-electron chi connectivity index (χ0n) is 19.9. The highest BCUT2D eigenvalue weighted by Crippen LogP contribution is 2.25. The van der Waals surface area contributed by atoms with E-state index >= 15 is 0 Å². The van der Waals surface area contributed by atoms with Crippen molar-refractivity contribution in [3.63, 3.8) is 0 Å². The summed E-state index contributed by atoms with van der Waals surface area (Å²) in [5.41, 5.74) is 4.59. The number of ether oxygens (including phenoxy) is 2. The van der Waals surface area contributed by atoms with E-state index in [4.69, 9.17) is 9.47 Å². The highest BCUT2D eigenvalue weighted by atomic mass is 19.1. The fourth-order valence-corrected chi connectivity index (χ4v) is 4.18. The molecule has 1 N–H and O–H groups in total. The summed E-state index contributed by atoms with van der Waals surface area (Å²) in [5, 5.41) is 12.4. The lowest BCUT2D eigenvalue weighted by molar-refractivity contribution is -0.117. The number of hydrogen-bond acceptors (Lipinski definition) is 4. The second-order valence-corrected chi connectivity index (χ2v) is 8.59. The molecule has 2 heterocycles. The Hall–Kier alpha value is -3.89. The first kappa shape index (κ1) is 24.2. The van der Waals surface area contributed by atoms with Crippen LogP contribution in [-0.4, -0.2) is 29.7 Å². The number of hydrogen-bond donors (Lipinski definition) is 1. The van der Waals surface area contributed by atoms with Crippen LogP contribution < -0.4 is 10.1 Å². The molecule has 3 aromatic rings. The fraction of sp³-hybridized carbons (Fsp3) is 0.286. The molecule has 35 heavy (non-hydrogen) atoms. The van der Waals surface area contributed by atoms with Crippen LogP contribution in [-0.2, 0) is 16.1 Å². The maximum absolute atomic E-state index is 13.1. The van der Waals surface area contributed by atoms with E-state index in [-0.39, 0.29) is 17.5 Å². The van der Waals surface area contributed by atoms with Crippen LogP contribution in [0.4, 0.5) is 4.39 Å². The lowest BCUT2D eigenvalue weighted by atomic mass is 10.1. The van der Waals surface area contributed by atoms with E-state index in [0.717, 1.165) is 47.7 Å². The van der Waals surface area contributed by atoms with Crippen LogP contribution in [0.1, 0.15) is 35.4 Å². The van der Waals surface area contributed by atoms with Crippen molar-refractivity contribution in [1.29, 1.82) is 5.26 Å². The van der Waals surface area contributed by atoms with Crippen molar-refractivity contribution in [3.05, 3.63) is 88.5 Å². The summed E-state index contributed by atoms with van der Waals surface area (Å²) >= 11 is 0. The van der Waals surface area contributed by atoms with E-state index in [1.54, 1.807) is 18.2 Å². The molecule has 1 saturated heterocycles. The van der Waals surface area contributed by atoms with Crippen molar-refractivity contribution in [2.45, 2.75) is 39.4 Å². The first-order chi connectivity index (χ1) is 16.9. The molecule has 1 atom stereocenters. The normalized spacial score (nSPS) is 15.6. The van der Waals surface area contributed by atoms with E-state index in [0.29, 0.717) is 18.9 Å². The Morgan fingerprint density at radius 3 is 2.63 bits per heavy atom. The van der Waals surface area contributed by atoms with Crippen LogP contribution in [0.3, 0.4) is 0 Å². The zero-order valence-corrected chi connectivity index (χ0v) is 19.9. The molecule has 0 saturated carbocycles. The van der Waals surface area contributed by atoms with Crippen molar-refractivity contribution in [2.75, 3.05) is 13.2 Å². The number of carbonyl (C=O) groups is 1. The number of nitrogens with one attached hydrogen (secondary N) is 1. The van der Waals surface area contributed by atoms with Gasteiger partial charge >= 0.3 is 0 Å². The van der Waals surface area contributed by atoms with Gasteiger partial charge in [-0.15, -0.1) is 0 Å². The van der Waals surface area contributed by atoms with Crippen molar-refractivity contribution < 1.29 is 18.7 Å². The number of rotatable bonds is 8. The molecular formula is C28H28FN3O3. The molecule has 4 rings (SSSR count). The lowest BCUT2D eigenvalue weighted by Crippen LogP contribution is -2.32. The second kappa shape index (κ2) is 11.0. The molecule has 0 bridgehead atoms. The molecule has 6 nitrogen and oxygen atoms in total.